The van der Waals surface area contributed by atoms with Crippen molar-refractivity contribution < 1.29 is 19.0 Å². The van der Waals surface area contributed by atoms with E-state index in [4.69, 9.17) is 25.8 Å². The topological polar surface area (TPSA) is 69.7 Å². The van der Waals surface area contributed by atoms with Crippen molar-refractivity contribution in [3.63, 3.8) is 0 Å². The summed E-state index contributed by atoms with van der Waals surface area (Å²) >= 11 is 6.30. The molecule has 0 unspecified atom stereocenters. The fourth-order valence-electron chi connectivity index (χ4n) is 2.56. The van der Waals surface area contributed by atoms with Gasteiger partial charge >= 0.3 is 5.97 Å². The van der Waals surface area contributed by atoms with E-state index >= 15 is 0 Å². The van der Waals surface area contributed by atoms with Crippen LogP contribution in [0.2, 0.25) is 5.02 Å². The highest BCUT2D eigenvalue weighted by Crippen LogP contribution is 2.38. The van der Waals surface area contributed by atoms with E-state index in [1.165, 1.54) is 7.11 Å². The molecule has 0 fully saturated rings. The van der Waals surface area contributed by atoms with E-state index in [0.717, 1.165) is 12.0 Å². The van der Waals surface area contributed by atoms with Crippen molar-refractivity contribution >= 4 is 23.4 Å². The molecule has 0 saturated carbocycles. The molecule has 7 heteroatoms. The number of aromatic nitrogens is 1. The molecule has 1 aliphatic rings. The second kappa shape index (κ2) is 7.61. The van der Waals surface area contributed by atoms with Crippen LogP contribution < -0.4 is 14.8 Å². The molecule has 2 heterocycles. The van der Waals surface area contributed by atoms with Gasteiger partial charge in [-0.05, 0) is 36.8 Å². The van der Waals surface area contributed by atoms with E-state index in [-0.39, 0.29) is 0 Å². The Morgan fingerprint density at radius 2 is 2.12 bits per heavy atom. The van der Waals surface area contributed by atoms with Crippen LogP contribution >= 0.6 is 11.6 Å². The number of halogens is 1. The maximum atomic E-state index is 11.6. The van der Waals surface area contributed by atoms with Gasteiger partial charge in [0.2, 0.25) is 0 Å². The summed E-state index contributed by atoms with van der Waals surface area (Å²) in [5.41, 5.74) is 2.01. The summed E-state index contributed by atoms with van der Waals surface area (Å²) in [5.74, 6) is 1.52. The SMILES string of the molecule is COC(=O)c1ccc(NCc2cc(Cl)c3c(c2)OCCCO3)nc1C. The van der Waals surface area contributed by atoms with Crippen LogP contribution in [0.5, 0.6) is 11.5 Å². The Balaban J connectivity index is 1.73. The van der Waals surface area contributed by atoms with Gasteiger partial charge in [0.05, 0.1) is 36.6 Å². The van der Waals surface area contributed by atoms with E-state index in [1.807, 2.05) is 12.1 Å². The highest BCUT2D eigenvalue weighted by atomic mass is 35.5. The molecule has 25 heavy (non-hydrogen) atoms. The van der Waals surface area contributed by atoms with Gasteiger partial charge in [0.1, 0.15) is 5.82 Å². The van der Waals surface area contributed by atoms with Gasteiger partial charge in [0.25, 0.3) is 0 Å². The van der Waals surface area contributed by atoms with Crippen LogP contribution in [0.25, 0.3) is 0 Å². The van der Waals surface area contributed by atoms with E-state index in [9.17, 15) is 4.79 Å². The fourth-order valence-corrected chi connectivity index (χ4v) is 2.85. The molecule has 1 aromatic carbocycles. The average Bonchev–Trinajstić information content (AvgIpc) is 2.85. The number of carbonyl (C=O) groups is 1. The molecular weight excluding hydrogens is 344 g/mol. The molecule has 132 valence electrons. The van der Waals surface area contributed by atoms with Gasteiger partial charge < -0.3 is 19.5 Å². The number of hydrogen-bond acceptors (Lipinski definition) is 6. The van der Waals surface area contributed by atoms with E-state index in [2.05, 4.69) is 10.3 Å². The summed E-state index contributed by atoms with van der Waals surface area (Å²) in [5, 5.41) is 3.75. The maximum Gasteiger partial charge on any atom is 0.339 e. The number of nitrogens with zero attached hydrogens (tertiary/aromatic N) is 1. The number of ether oxygens (including phenoxy) is 3. The lowest BCUT2D eigenvalue weighted by Crippen LogP contribution is -2.08. The zero-order chi connectivity index (χ0) is 17.8. The molecule has 0 saturated heterocycles. The van der Waals surface area contributed by atoms with E-state index in [0.29, 0.717) is 53.4 Å². The van der Waals surface area contributed by atoms with Crippen molar-refractivity contribution in [1.29, 1.82) is 0 Å². The van der Waals surface area contributed by atoms with Crippen LogP contribution in [-0.2, 0) is 11.3 Å². The first kappa shape index (κ1) is 17.4. The number of hydrogen-bond donors (Lipinski definition) is 1. The zero-order valence-corrected chi connectivity index (χ0v) is 14.9. The molecule has 0 amide bonds. The third-order valence-electron chi connectivity index (χ3n) is 3.83. The molecule has 0 bridgehead atoms. The number of benzene rings is 1. The quantitative estimate of drug-likeness (QED) is 0.838. The first-order valence-corrected chi connectivity index (χ1v) is 8.34. The summed E-state index contributed by atoms with van der Waals surface area (Å²) in [7, 11) is 1.35. The van der Waals surface area contributed by atoms with Crippen LogP contribution in [-0.4, -0.2) is 31.3 Å². The normalized spacial score (nSPS) is 13.1. The van der Waals surface area contributed by atoms with Gasteiger partial charge in [-0.2, -0.15) is 0 Å². The summed E-state index contributed by atoms with van der Waals surface area (Å²) < 4.78 is 16.0. The average molecular weight is 363 g/mol. The molecule has 0 radical (unpaired) electrons. The first-order chi connectivity index (χ1) is 12.1. The number of fused-ring (bicyclic) bond motifs is 1. The molecule has 0 spiro atoms. The number of pyridine rings is 1. The Kier molecular flexibility index (Phi) is 5.28. The first-order valence-electron chi connectivity index (χ1n) is 7.96. The van der Waals surface area contributed by atoms with Gasteiger partial charge in [0, 0.05) is 13.0 Å². The third kappa shape index (κ3) is 3.96. The lowest BCUT2D eigenvalue weighted by Gasteiger charge is -2.13. The smallest absolute Gasteiger partial charge is 0.339 e. The molecule has 1 N–H and O–H groups in total. The summed E-state index contributed by atoms with van der Waals surface area (Å²) in [6, 6.07) is 7.19. The van der Waals surface area contributed by atoms with Crippen molar-refractivity contribution in [1.82, 2.24) is 4.98 Å². The number of esters is 1. The van der Waals surface area contributed by atoms with E-state index in [1.54, 1.807) is 19.1 Å². The van der Waals surface area contributed by atoms with Crippen LogP contribution in [0, 0.1) is 6.92 Å². The number of aryl methyl sites for hydroxylation is 1. The fraction of sp³-hybridized carbons (Fsp3) is 0.333. The summed E-state index contributed by atoms with van der Waals surface area (Å²) in [6.45, 7) is 3.48. The number of methoxy groups -OCH3 is 1. The Bertz CT molecular complexity index is 795. The lowest BCUT2D eigenvalue weighted by molar-refractivity contribution is 0.0599. The van der Waals surface area contributed by atoms with Crippen molar-refractivity contribution in [3.05, 3.63) is 46.1 Å². The standard InChI is InChI=1S/C18H19ClN2O4/c1-11-13(18(22)23-2)4-5-16(21-11)20-10-12-8-14(19)17-15(9-12)24-6-3-7-25-17/h4-5,8-9H,3,6-7,10H2,1-2H3,(H,20,21). The molecule has 0 atom stereocenters. The molecule has 6 nitrogen and oxygen atoms in total. The third-order valence-corrected chi connectivity index (χ3v) is 4.11. The van der Waals surface area contributed by atoms with Crippen molar-refractivity contribution in [3.8, 4) is 11.5 Å². The second-order valence-corrected chi connectivity index (χ2v) is 6.04. The zero-order valence-electron chi connectivity index (χ0n) is 14.1. The van der Waals surface area contributed by atoms with Gasteiger partial charge in [-0.15, -0.1) is 0 Å². The maximum absolute atomic E-state index is 11.6. The largest absolute Gasteiger partial charge is 0.489 e. The second-order valence-electron chi connectivity index (χ2n) is 5.63. The number of nitrogens with one attached hydrogen (secondary N) is 1. The van der Waals surface area contributed by atoms with E-state index < -0.39 is 5.97 Å². The highest BCUT2D eigenvalue weighted by molar-refractivity contribution is 6.32. The molecule has 2 aromatic rings. The summed E-state index contributed by atoms with van der Waals surface area (Å²) in [4.78, 5) is 16.0. The van der Waals surface area contributed by atoms with Crippen molar-refractivity contribution in [2.75, 3.05) is 25.6 Å². The highest BCUT2D eigenvalue weighted by Gasteiger charge is 2.16. The van der Waals surface area contributed by atoms with Gasteiger partial charge in [0.15, 0.2) is 11.5 Å². The van der Waals surface area contributed by atoms with Crippen LogP contribution in [0.15, 0.2) is 24.3 Å². The molecule has 1 aromatic heterocycles. The van der Waals surface area contributed by atoms with Crippen molar-refractivity contribution in [2.45, 2.75) is 19.9 Å². The van der Waals surface area contributed by atoms with Crippen LogP contribution in [0.4, 0.5) is 5.82 Å². The monoisotopic (exact) mass is 362 g/mol. The Morgan fingerprint density at radius 1 is 1.32 bits per heavy atom. The van der Waals surface area contributed by atoms with Crippen molar-refractivity contribution in [2.24, 2.45) is 0 Å². The van der Waals surface area contributed by atoms with Crippen LogP contribution in [0.1, 0.15) is 28.0 Å². The summed E-state index contributed by atoms with van der Waals surface area (Å²) in [6.07, 6.45) is 0.828. The lowest BCUT2D eigenvalue weighted by atomic mass is 10.2. The number of rotatable bonds is 4. The Hall–Kier alpha value is -2.47. The number of anilines is 1. The minimum atomic E-state index is -0.397. The van der Waals surface area contributed by atoms with Crippen LogP contribution in [0.3, 0.4) is 0 Å². The predicted octanol–water partition coefficient (Wildman–Crippen LogP) is 3.60. The molecule has 1 aliphatic heterocycles. The number of carbonyl (C=O) groups excluding carboxylic acids is 1. The predicted molar refractivity (Wildman–Crippen MR) is 94.7 cm³/mol. The molecule has 0 aliphatic carbocycles. The molecular formula is C18H19ClN2O4. The minimum absolute atomic E-state index is 0.397. The minimum Gasteiger partial charge on any atom is -0.489 e. The van der Waals surface area contributed by atoms with Gasteiger partial charge in [-0.25, -0.2) is 9.78 Å². The van der Waals surface area contributed by atoms with Gasteiger partial charge in [-0.3, -0.25) is 0 Å². The Labute approximate surface area is 151 Å². The Morgan fingerprint density at radius 3 is 2.88 bits per heavy atom. The van der Waals surface area contributed by atoms with Gasteiger partial charge in [-0.1, -0.05) is 11.6 Å². The molecule has 3 rings (SSSR count).